The highest BCUT2D eigenvalue weighted by Gasteiger charge is 2.16. The first kappa shape index (κ1) is 12.4. The highest BCUT2D eigenvalue weighted by molar-refractivity contribution is 7.17. The minimum Gasteiger partial charge on any atom is -0.293 e. The summed E-state index contributed by atoms with van der Waals surface area (Å²) in [5, 5.41) is 10.5. The van der Waals surface area contributed by atoms with Gasteiger partial charge in [0.1, 0.15) is 0 Å². The van der Waals surface area contributed by atoms with Crippen molar-refractivity contribution < 1.29 is 9.72 Å². The molecule has 0 aliphatic heterocycles. The standard InChI is InChI=1S/C12H10N2O3S/c1-8-3-2-6-13-9(8)7-10(15)11-4-5-12(18-11)14(16)17/h2-6H,7H2,1H3. The maximum atomic E-state index is 12.0. The van der Waals surface area contributed by atoms with Crippen molar-refractivity contribution in [1.29, 1.82) is 0 Å². The summed E-state index contributed by atoms with van der Waals surface area (Å²) in [5.74, 6) is -0.144. The van der Waals surface area contributed by atoms with Crippen molar-refractivity contribution in [3.8, 4) is 0 Å². The van der Waals surface area contributed by atoms with E-state index in [-0.39, 0.29) is 17.2 Å². The molecule has 2 aromatic rings. The molecule has 0 saturated heterocycles. The van der Waals surface area contributed by atoms with Gasteiger partial charge in [0.25, 0.3) is 0 Å². The molecule has 0 aliphatic carbocycles. The third kappa shape index (κ3) is 2.60. The van der Waals surface area contributed by atoms with Crippen LogP contribution in [-0.2, 0) is 6.42 Å². The Bertz CT molecular complexity index is 607. The molecule has 0 spiro atoms. The molecule has 0 bridgehead atoms. The molecule has 0 aliphatic rings. The predicted molar refractivity (Wildman–Crippen MR) is 68.0 cm³/mol. The molecule has 2 aromatic heterocycles. The third-order valence-electron chi connectivity index (χ3n) is 2.49. The Morgan fingerprint density at radius 2 is 2.22 bits per heavy atom. The molecule has 0 saturated carbocycles. The number of ketones is 1. The minimum absolute atomic E-state index is 0.0175. The monoisotopic (exact) mass is 262 g/mol. The second kappa shape index (κ2) is 5.05. The van der Waals surface area contributed by atoms with E-state index in [2.05, 4.69) is 4.98 Å². The first-order valence-electron chi connectivity index (χ1n) is 5.26. The largest absolute Gasteiger partial charge is 0.324 e. The molecule has 0 fully saturated rings. The van der Waals surface area contributed by atoms with Gasteiger partial charge in [-0.1, -0.05) is 17.4 Å². The van der Waals surface area contributed by atoms with Gasteiger partial charge in [-0.3, -0.25) is 19.9 Å². The zero-order valence-electron chi connectivity index (χ0n) is 9.62. The second-order valence-corrected chi connectivity index (χ2v) is 4.82. The summed E-state index contributed by atoms with van der Waals surface area (Å²) >= 11 is 0.898. The number of carbonyl (C=O) groups is 1. The fourth-order valence-corrected chi connectivity index (χ4v) is 2.28. The number of aromatic nitrogens is 1. The van der Waals surface area contributed by atoms with Crippen LogP contribution >= 0.6 is 11.3 Å². The number of rotatable bonds is 4. The average Bonchev–Trinajstić information content (AvgIpc) is 2.81. The summed E-state index contributed by atoms with van der Waals surface area (Å²) < 4.78 is 0. The molecule has 0 amide bonds. The van der Waals surface area contributed by atoms with Crippen LogP contribution in [0.3, 0.4) is 0 Å². The summed E-state index contributed by atoms with van der Waals surface area (Å²) in [6.07, 6.45) is 1.80. The van der Waals surface area contributed by atoms with Crippen molar-refractivity contribution >= 4 is 22.1 Å². The molecule has 0 unspecified atom stereocenters. The van der Waals surface area contributed by atoms with E-state index in [1.807, 2.05) is 13.0 Å². The fourth-order valence-electron chi connectivity index (χ4n) is 1.52. The Kier molecular flexibility index (Phi) is 3.47. The first-order chi connectivity index (χ1) is 8.58. The normalized spacial score (nSPS) is 10.3. The highest BCUT2D eigenvalue weighted by Crippen LogP contribution is 2.25. The van der Waals surface area contributed by atoms with Crippen LogP contribution < -0.4 is 0 Å². The molecule has 2 heterocycles. The van der Waals surface area contributed by atoms with Crippen LogP contribution in [0.2, 0.25) is 0 Å². The molecule has 92 valence electrons. The van der Waals surface area contributed by atoms with E-state index in [4.69, 9.17) is 0 Å². The number of Topliss-reactive ketones (excluding diaryl/α,β-unsaturated/α-hetero) is 1. The predicted octanol–water partition coefficient (Wildman–Crippen LogP) is 2.79. The van der Waals surface area contributed by atoms with Gasteiger partial charge in [0.2, 0.25) is 0 Å². The van der Waals surface area contributed by atoms with Gasteiger partial charge >= 0.3 is 5.00 Å². The summed E-state index contributed by atoms with van der Waals surface area (Å²) in [7, 11) is 0. The van der Waals surface area contributed by atoms with Crippen LogP contribution in [0.1, 0.15) is 20.9 Å². The molecular formula is C12H10N2O3S. The van der Waals surface area contributed by atoms with Crippen LogP contribution in [0.25, 0.3) is 0 Å². The Morgan fingerprint density at radius 1 is 1.44 bits per heavy atom. The zero-order chi connectivity index (χ0) is 13.1. The maximum Gasteiger partial charge on any atom is 0.324 e. The number of thiophene rings is 1. The number of nitro groups is 1. The number of pyridine rings is 1. The SMILES string of the molecule is Cc1cccnc1CC(=O)c1ccc([N+](=O)[O-])s1. The molecule has 0 N–H and O–H groups in total. The van der Waals surface area contributed by atoms with E-state index < -0.39 is 4.92 Å². The van der Waals surface area contributed by atoms with Crippen molar-refractivity contribution in [1.82, 2.24) is 4.98 Å². The molecule has 0 aromatic carbocycles. The second-order valence-electron chi connectivity index (χ2n) is 3.76. The maximum absolute atomic E-state index is 12.0. The quantitative estimate of drug-likeness (QED) is 0.482. The number of carbonyl (C=O) groups excluding carboxylic acids is 1. The minimum atomic E-state index is -0.493. The van der Waals surface area contributed by atoms with E-state index in [0.29, 0.717) is 10.6 Å². The Hall–Kier alpha value is -2.08. The van der Waals surface area contributed by atoms with E-state index in [1.165, 1.54) is 12.1 Å². The molecule has 2 rings (SSSR count). The Labute approximate surface area is 107 Å². The summed E-state index contributed by atoms with van der Waals surface area (Å²) in [6.45, 7) is 1.88. The van der Waals surface area contributed by atoms with Gasteiger partial charge in [-0.15, -0.1) is 0 Å². The van der Waals surface area contributed by atoms with Gasteiger partial charge in [-0.25, -0.2) is 0 Å². The van der Waals surface area contributed by atoms with E-state index in [9.17, 15) is 14.9 Å². The van der Waals surface area contributed by atoms with Gasteiger partial charge in [-0.2, -0.15) is 0 Å². The van der Waals surface area contributed by atoms with Gasteiger partial charge < -0.3 is 0 Å². The highest BCUT2D eigenvalue weighted by atomic mass is 32.1. The number of aryl methyl sites for hydroxylation is 1. The van der Waals surface area contributed by atoms with Crippen molar-refractivity contribution in [2.75, 3.05) is 0 Å². The molecule has 0 radical (unpaired) electrons. The van der Waals surface area contributed by atoms with Crippen molar-refractivity contribution in [3.05, 3.63) is 56.7 Å². The van der Waals surface area contributed by atoms with Crippen molar-refractivity contribution in [3.63, 3.8) is 0 Å². The Morgan fingerprint density at radius 3 is 2.83 bits per heavy atom. The topological polar surface area (TPSA) is 73.1 Å². The van der Waals surface area contributed by atoms with E-state index in [0.717, 1.165) is 16.9 Å². The lowest BCUT2D eigenvalue weighted by Gasteiger charge is -2.01. The lowest BCUT2D eigenvalue weighted by atomic mass is 10.1. The van der Waals surface area contributed by atoms with Crippen LogP contribution in [0.4, 0.5) is 5.00 Å². The van der Waals surface area contributed by atoms with E-state index >= 15 is 0 Å². The Balaban J connectivity index is 2.17. The number of hydrogen-bond acceptors (Lipinski definition) is 5. The van der Waals surface area contributed by atoms with Gasteiger partial charge in [0.15, 0.2) is 5.78 Å². The van der Waals surface area contributed by atoms with Crippen LogP contribution in [0.5, 0.6) is 0 Å². The van der Waals surface area contributed by atoms with Gasteiger partial charge in [0, 0.05) is 12.3 Å². The van der Waals surface area contributed by atoms with Crippen molar-refractivity contribution in [2.45, 2.75) is 13.3 Å². The third-order valence-corrected chi connectivity index (χ3v) is 3.57. The molecule has 6 heteroatoms. The smallest absolute Gasteiger partial charge is 0.293 e. The summed E-state index contributed by atoms with van der Waals surface area (Å²) in [6, 6.07) is 6.53. The zero-order valence-corrected chi connectivity index (χ0v) is 10.4. The van der Waals surface area contributed by atoms with Crippen LogP contribution in [0, 0.1) is 17.0 Å². The lowest BCUT2D eigenvalue weighted by molar-refractivity contribution is -0.380. The average molecular weight is 262 g/mol. The molecule has 5 nitrogen and oxygen atoms in total. The van der Waals surface area contributed by atoms with Crippen LogP contribution in [-0.4, -0.2) is 15.7 Å². The summed E-state index contributed by atoms with van der Waals surface area (Å²) in [4.78, 5) is 26.5. The number of nitrogens with zero attached hydrogens (tertiary/aromatic N) is 2. The van der Waals surface area contributed by atoms with Gasteiger partial charge in [0.05, 0.1) is 21.9 Å². The van der Waals surface area contributed by atoms with Gasteiger partial charge in [-0.05, 0) is 24.6 Å². The molecule has 18 heavy (non-hydrogen) atoms. The molecular weight excluding hydrogens is 252 g/mol. The first-order valence-corrected chi connectivity index (χ1v) is 6.07. The van der Waals surface area contributed by atoms with E-state index in [1.54, 1.807) is 12.3 Å². The fraction of sp³-hybridized carbons (Fsp3) is 0.167. The summed E-state index contributed by atoms with van der Waals surface area (Å²) in [5.41, 5.74) is 1.65. The van der Waals surface area contributed by atoms with Crippen LogP contribution in [0.15, 0.2) is 30.5 Å². The number of hydrogen-bond donors (Lipinski definition) is 0. The van der Waals surface area contributed by atoms with Crippen molar-refractivity contribution in [2.24, 2.45) is 0 Å². The molecule has 0 atom stereocenters. The lowest BCUT2D eigenvalue weighted by Crippen LogP contribution is -2.04.